The van der Waals surface area contributed by atoms with Gasteiger partial charge in [-0.05, 0) is 31.8 Å². The summed E-state index contributed by atoms with van der Waals surface area (Å²) in [6, 6.07) is 10.2. The number of nitriles is 1. The van der Waals surface area contributed by atoms with Gasteiger partial charge in [-0.3, -0.25) is 0 Å². The van der Waals surface area contributed by atoms with Crippen LogP contribution in [0.3, 0.4) is 0 Å². The van der Waals surface area contributed by atoms with Crippen LogP contribution in [0, 0.1) is 11.3 Å². The lowest BCUT2D eigenvalue weighted by molar-refractivity contribution is 0.302. The Labute approximate surface area is 90.9 Å². The third kappa shape index (κ3) is 2.97. The summed E-state index contributed by atoms with van der Waals surface area (Å²) >= 11 is 0. The van der Waals surface area contributed by atoms with Crippen molar-refractivity contribution >= 4 is 0 Å². The lowest BCUT2D eigenvalue weighted by Crippen LogP contribution is -2.19. The van der Waals surface area contributed by atoms with Gasteiger partial charge in [-0.2, -0.15) is 5.26 Å². The summed E-state index contributed by atoms with van der Waals surface area (Å²) in [5, 5.41) is 8.77. The molecule has 0 saturated heterocycles. The zero-order chi connectivity index (χ0) is 11.3. The molecule has 0 aliphatic carbocycles. The number of nitrogens with zero attached hydrogens (tertiary/aromatic N) is 2. The maximum atomic E-state index is 8.77. The molecule has 0 aliphatic rings. The van der Waals surface area contributed by atoms with E-state index in [-0.39, 0.29) is 6.04 Å². The van der Waals surface area contributed by atoms with E-state index in [9.17, 15) is 0 Å². The Balaban J connectivity index is 2.95. The lowest BCUT2D eigenvalue weighted by atomic mass is 10.0. The molecular formula is C12H16N2O. The summed E-state index contributed by atoms with van der Waals surface area (Å²) in [4.78, 5) is 2.04. The van der Waals surface area contributed by atoms with Crippen molar-refractivity contribution in [3.63, 3.8) is 0 Å². The summed E-state index contributed by atoms with van der Waals surface area (Å²) in [5.41, 5.74) is 1.11. The monoisotopic (exact) mass is 204 g/mol. The van der Waals surface area contributed by atoms with E-state index in [4.69, 9.17) is 10.00 Å². The zero-order valence-electron chi connectivity index (χ0n) is 9.40. The van der Waals surface area contributed by atoms with Gasteiger partial charge >= 0.3 is 0 Å². The first-order valence-electron chi connectivity index (χ1n) is 4.86. The van der Waals surface area contributed by atoms with Gasteiger partial charge in [0.2, 0.25) is 0 Å². The highest BCUT2D eigenvalue weighted by Gasteiger charge is 2.13. The molecule has 1 aromatic carbocycles. The van der Waals surface area contributed by atoms with Gasteiger partial charge < -0.3 is 9.64 Å². The molecule has 3 nitrogen and oxygen atoms in total. The second-order valence-electron chi connectivity index (χ2n) is 3.62. The molecule has 0 bridgehead atoms. The molecule has 0 radical (unpaired) electrons. The number of benzene rings is 1. The van der Waals surface area contributed by atoms with Crippen LogP contribution in [0.5, 0.6) is 5.75 Å². The third-order valence-electron chi connectivity index (χ3n) is 2.39. The predicted molar refractivity (Wildman–Crippen MR) is 59.7 cm³/mol. The maximum absolute atomic E-state index is 8.77. The Kier molecular flexibility index (Phi) is 4.14. The molecule has 0 aromatic heterocycles. The Hall–Kier alpha value is -1.53. The van der Waals surface area contributed by atoms with Gasteiger partial charge in [0.1, 0.15) is 5.75 Å². The Morgan fingerprint density at radius 2 is 2.20 bits per heavy atom. The van der Waals surface area contributed by atoms with Crippen LogP contribution in [0.2, 0.25) is 0 Å². The maximum Gasteiger partial charge on any atom is 0.119 e. The van der Waals surface area contributed by atoms with Crippen molar-refractivity contribution in [1.82, 2.24) is 4.90 Å². The highest BCUT2D eigenvalue weighted by atomic mass is 16.5. The van der Waals surface area contributed by atoms with Gasteiger partial charge in [-0.15, -0.1) is 0 Å². The number of hydrogen-bond donors (Lipinski definition) is 0. The molecule has 1 aromatic rings. The number of ether oxygens (including phenoxy) is 1. The van der Waals surface area contributed by atoms with E-state index < -0.39 is 0 Å². The molecular weight excluding hydrogens is 188 g/mol. The molecule has 0 spiro atoms. The van der Waals surface area contributed by atoms with Gasteiger partial charge in [-0.25, -0.2) is 0 Å². The third-order valence-corrected chi connectivity index (χ3v) is 2.39. The molecule has 0 fully saturated rings. The van der Waals surface area contributed by atoms with Crippen LogP contribution in [0.1, 0.15) is 18.0 Å². The summed E-state index contributed by atoms with van der Waals surface area (Å²) in [6.07, 6.45) is 0.486. The summed E-state index contributed by atoms with van der Waals surface area (Å²) in [5.74, 6) is 0.831. The molecule has 0 amide bonds. The van der Waals surface area contributed by atoms with Gasteiger partial charge in [0, 0.05) is 6.04 Å². The molecule has 15 heavy (non-hydrogen) atoms. The smallest absolute Gasteiger partial charge is 0.119 e. The first kappa shape index (κ1) is 11.5. The van der Waals surface area contributed by atoms with Crippen molar-refractivity contribution in [2.24, 2.45) is 0 Å². The molecule has 1 rings (SSSR count). The van der Waals surface area contributed by atoms with Crippen molar-refractivity contribution in [1.29, 1.82) is 5.26 Å². The van der Waals surface area contributed by atoms with Crippen molar-refractivity contribution in [2.75, 3.05) is 21.2 Å². The second-order valence-corrected chi connectivity index (χ2v) is 3.62. The number of methoxy groups -OCH3 is 1. The van der Waals surface area contributed by atoms with Gasteiger partial charge in [-0.1, -0.05) is 12.1 Å². The number of rotatable bonds is 4. The average molecular weight is 204 g/mol. The first-order chi connectivity index (χ1) is 7.19. The van der Waals surface area contributed by atoms with E-state index in [0.717, 1.165) is 11.3 Å². The van der Waals surface area contributed by atoms with Crippen molar-refractivity contribution < 1.29 is 4.74 Å². The fraction of sp³-hybridized carbons (Fsp3) is 0.417. The second kappa shape index (κ2) is 5.38. The molecule has 1 atom stereocenters. The van der Waals surface area contributed by atoms with E-state index in [0.29, 0.717) is 6.42 Å². The van der Waals surface area contributed by atoms with Crippen LogP contribution in [0.4, 0.5) is 0 Å². The van der Waals surface area contributed by atoms with E-state index in [1.807, 2.05) is 43.3 Å². The Bertz CT molecular complexity index is 355. The number of hydrogen-bond acceptors (Lipinski definition) is 3. The van der Waals surface area contributed by atoms with E-state index in [2.05, 4.69) is 6.07 Å². The average Bonchev–Trinajstić information content (AvgIpc) is 2.25. The van der Waals surface area contributed by atoms with Crippen LogP contribution in [-0.4, -0.2) is 26.1 Å². The van der Waals surface area contributed by atoms with E-state index >= 15 is 0 Å². The topological polar surface area (TPSA) is 36.3 Å². The van der Waals surface area contributed by atoms with Crippen molar-refractivity contribution in [3.8, 4) is 11.8 Å². The van der Waals surface area contributed by atoms with Crippen LogP contribution >= 0.6 is 0 Å². The predicted octanol–water partition coefficient (Wildman–Crippen LogP) is 2.21. The molecule has 0 saturated carbocycles. The first-order valence-corrected chi connectivity index (χ1v) is 4.86. The summed E-state index contributed by atoms with van der Waals surface area (Å²) in [6.45, 7) is 0. The SMILES string of the molecule is COc1cccc(C(CC#N)N(C)C)c1. The standard InChI is InChI=1S/C12H16N2O/c1-14(2)12(7-8-13)10-5-4-6-11(9-10)15-3/h4-6,9,12H,7H2,1-3H3. The minimum atomic E-state index is 0.130. The Morgan fingerprint density at radius 3 is 2.73 bits per heavy atom. The largest absolute Gasteiger partial charge is 0.497 e. The fourth-order valence-corrected chi connectivity index (χ4v) is 1.53. The Morgan fingerprint density at radius 1 is 1.47 bits per heavy atom. The minimum absolute atomic E-state index is 0.130. The fourth-order valence-electron chi connectivity index (χ4n) is 1.53. The molecule has 0 aliphatic heterocycles. The lowest BCUT2D eigenvalue weighted by Gasteiger charge is -2.22. The summed E-state index contributed by atoms with van der Waals surface area (Å²) < 4.78 is 5.16. The van der Waals surface area contributed by atoms with E-state index in [1.165, 1.54) is 0 Å². The molecule has 80 valence electrons. The van der Waals surface area contributed by atoms with Crippen LogP contribution in [0.15, 0.2) is 24.3 Å². The van der Waals surface area contributed by atoms with Gasteiger partial charge in [0.05, 0.1) is 19.6 Å². The molecule has 3 heteroatoms. The highest BCUT2D eigenvalue weighted by Crippen LogP contribution is 2.24. The normalized spacial score (nSPS) is 12.2. The molecule has 0 heterocycles. The van der Waals surface area contributed by atoms with Crippen LogP contribution < -0.4 is 4.74 Å². The quantitative estimate of drug-likeness (QED) is 0.754. The van der Waals surface area contributed by atoms with E-state index in [1.54, 1.807) is 7.11 Å². The van der Waals surface area contributed by atoms with Gasteiger partial charge in [0.25, 0.3) is 0 Å². The summed E-state index contributed by atoms with van der Waals surface area (Å²) in [7, 11) is 5.59. The van der Waals surface area contributed by atoms with Crippen LogP contribution in [-0.2, 0) is 0 Å². The van der Waals surface area contributed by atoms with Gasteiger partial charge in [0.15, 0.2) is 0 Å². The molecule has 0 N–H and O–H groups in total. The zero-order valence-corrected chi connectivity index (χ0v) is 9.40. The molecule has 1 unspecified atom stereocenters. The van der Waals surface area contributed by atoms with Crippen LogP contribution in [0.25, 0.3) is 0 Å². The van der Waals surface area contributed by atoms with Crippen molar-refractivity contribution in [2.45, 2.75) is 12.5 Å². The van der Waals surface area contributed by atoms with Crippen molar-refractivity contribution in [3.05, 3.63) is 29.8 Å². The minimum Gasteiger partial charge on any atom is -0.497 e. The highest BCUT2D eigenvalue weighted by molar-refractivity contribution is 5.30.